The van der Waals surface area contributed by atoms with Crippen LogP contribution in [-0.2, 0) is 10.5 Å². The fourth-order valence-electron chi connectivity index (χ4n) is 3.83. The van der Waals surface area contributed by atoms with E-state index in [9.17, 15) is 9.59 Å². The Morgan fingerprint density at radius 2 is 2.00 bits per heavy atom. The number of nitrogens with one attached hydrogen (secondary N) is 2. The summed E-state index contributed by atoms with van der Waals surface area (Å²) in [5, 5.41) is 3.24. The van der Waals surface area contributed by atoms with E-state index in [1.807, 2.05) is 44.2 Å². The van der Waals surface area contributed by atoms with Crippen molar-refractivity contribution in [1.82, 2.24) is 9.97 Å². The summed E-state index contributed by atoms with van der Waals surface area (Å²) in [6.07, 6.45) is 0.157. The van der Waals surface area contributed by atoms with Gasteiger partial charge in [0.1, 0.15) is 5.82 Å². The number of nitrogens with zero attached hydrogens (tertiary/aromatic N) is 1. The first-order valence-corrected chi connectivity index (χ1v) is 11.4. The summed E-state index contributed by atoms with van der Waals surface area (Å²) in [5.41, 5.74) is 3.32. The zero-order chi connectivity index (χ0) is 22.7. The number of fused-ring (bicyclic) bond motifs is 1. The van der Waals surface area contributed by atoms with Crippen LogP contribution in [0, 0.1) is 6.92 Å². The first-order valence-electron chi connectivity index (χ1n) is 10.4. The van der Waals surface area contributed by atoms with Crippen molar-refractivity contribution in [2.45, 2.75) is 37.1 Å². The largest absolute Gasteiger partial charge is 0.493 e. The minimum atomic E-state index is -0.421. The first-order chi connectivity index (χ1) is 15.5. The Bertz CT molecular complexity index is 1210. The number of aromatic nitrogens is 2. The maximum Gasteiger partial charge on any atom is 0.257 e. The fourth-order valence-corrected chi connectivity index (χ4v) is 4.64. The molecule has 7 nitrogen and oxygen atoms in total. The number of thioether (sulfide) groups is 1. The van der Waals surface area contributed by atoms with Crippen molar-refractivity contribution in [1.29, 1.82) is 0 Å². The lowest BCUT2D eigenvalue weighted by atomic mass is 9.86. The number of hydrogen-bond acceptors (Lipinski definition) is 6. The molecule has 8 heteroatoms. The average molecular weight is 452 g/mol. The van der Waals surface area contributed by atoms with Crippen LogP contribution in [0.4, 0.5) is 5.82 Å². The van der Waals surface area contributed by atoms with E-state index < -0.39 is 5.92 Å². The number of aryl methyl sites for hydroxylation is 1. The van der Waals surface area contributed by atoms with E-state index in [4.69, 9.17) is 9.47 Å². The van der Waals surface area contributed by atoms with Crippen LogP contribution in [0.25, 0.3) is 0 Å². The number of carbonyl (C=O) groups excluding carboxylic acids is 1. The van der Waals surface area contributed by atoms with Crippen LogP contribution in [0.2, 0.25) is 0 Å². The summed E-state index contributed by atoms with van der Waals surface area (Å²) in [6.45, 7) is 4.45. The van der Waals surface area contributed by atoms with E-state index in [-0.39, 0.29) is 17.9 Å². The predicted octanol–water partition coefficient (Wildman–Crippen LogP) is 4.25. The van der Waals surface area contributed by atoms with Crippen molar-refractivity contribution >= 4 is 23.5 Å². The Kier molecular flexibility index (Phi) is 6.50. The van der Waals surface area contributed by atoms with Gasteiger partial charge < -0.3 is 19.8 Å². The van der Waals surface area contributed by atoms with Gasteiger partial charge in [-0.2, -0.15) is 0 Å². The molecule has 3 aromatic rings. The second kappa shape index (κ2) is 9.48. The van der Waals surface area contributed by atoms with E-state index in [1.54, 1.807) is 13.2 Å². The molecule has 2 aromatic carbocycles. The maximum absolute atomic E-state index is 13.0. The molecule has 0 saturated heterocycles. The Balaban J connectivity index is 1.65. The molecule has 0 bridgehead atoms. The third-order valence-corrected chi connectivity index (χ3v) is 6.22. The molecule has 166 valence electrons. The van der Waals surface area contributed by atoms with Gasteiger partial charge in [0, 0.05) is 18.1 Å². The molecule has 1 aromatic heterocycles. The topological polar surface area (TPSA) is 93.3 Å². The predicted molar refractivity (Wildman–Crippen MR) is 125 cm³/mol. The minimum Gasteiger partial charge on any atom is -0.493 e. The molecule has 1 aliphatic rings. The molecule has 1 atom stereocenters. The minimum absolute atomic E-state index is 0.157. The van der Waals surface area contributed by atoms with Gasteiger partial charge in [-0.25, -0.2) is 4.98 Å². The van der Waals surface area contributed by atoms with Gasteiger partial charge >= 0.3 is 0 Å². The molecular weight excluding hydrogens is 426 g/mol. The Morgan fingerprint density at radius 3 is 2.75 bits per heavy atom. The molecule has 4 rings (SSSR count). The Hall–Kier alpha value is -3.26. The summed E-state index contributed by atoms with van der Waals surface area (Å²) < 4.78 is 11.0. The lowest BCUT2D eigenvalue weighted by Gasteiger charge is -2.25. The van der Waals surface area contributed by atoms with Gasteiger partial charge in [0.25, 0.3) is 5.56 Å². The molecule has 0 saturated carbocycles. The SMILES string of the molecule is CCOc1ccc([C@H]2CC(=O)Nc3nc(SCc4cccc(C)c4)[nH]c(=O)c32)cc1OC. The first kappa shape index (κ1) is 22.0. The third-order valence-electron chi connectivity index (χ3n) is 5.28. The molecule has 0 aliphatic carbocycles. The Labute approximate surface area is 190 Å². The van der Waals surface area contributed by atoms with Gasteiger partial charge in [-0.05, 0) is 37.1 Å². The normalized spacial score (nSPS) is 15.1. The summed E-state index contributed by atoms with van der Waals surface area (Å²) >= 11 is 1.43. The zero-order valence-electron chi connectivity index (χ0n) is 18.2. The van der Waals surface area contributed by atoms with Gasteiger partial charge in [0.2, 0.25) is 5.91 Å². The lowest BCUT2D eigenvalue weighted by Crippen LogP contribution is -2.31. The highest BCUT2D eigenvalue weighted by Gasteiger charge is 2.31. The van der Waals surface area contributed by atoms with Gasteiger partial charge in [-0.15, -0.1) is 0 Å². The van der Waals surface area contributed by atoms with Crippen LogP contribution in [0.3, 0.4) is 0 Å². The number of methoxy groups -OCH3 is 1. The second-order valence-electron chi connectivity index (χ2n) is 7.56. The van der Waals surface area contributed by atoms with Crippen LogP contribution in [0.1, 0.15) is 41.5 Å². The van der Waals surface area contributed by atoms with Crippen LogP contribution in [-0.4, -0.2) is 29.6 Å². The van der Waals surface area contributed by atoms with Crippen LogP contribution in [0.5, 0.6) is 11.5 Å². The highest BCUT2D eigenvalue weighted by Crippen LogP contribution is 2.38. The number of carbonyl (C=O) groups is 1. The number of hydrogen-bond donors (Lipinski definition) is 2. The standard InChI is InChI=1S/C24H25N3O4S/c1-4-31-18-9-8-16(11-19(18)30-3)17-12-20(28)25-22-21(17)23(29)27-24(26-22)32-13-15-7-5-6-14(2)10-15/h5-11,17H,4,12-13H2,1-3H3,(H2,25,26,27,28,29)/t17-/m1/s1. The summed E-state index contributed by atoms with van der Waals surface area (Å²) in [7, 11) is 1.56. The van der Waals surface area contributed by atoms with Crippen molar-refractivity contribution in [2.75, 3.05) is 19.0 Å². The van der Waals surface area contributed by atoms with Crippen molar-refractivity contribution in [3.05, 3.63) is 75.1 Å². The molecule has 32 heavy (non-hydrogen) atoms. The molecule has 1 amide bonds. The van der Waals surface area contributed by atoms with Gasteiger partial charge in [0.05, 0.1) is 19.3 Å². The molecule has 0 fully saturated rings. The van der Waals surface area contributed by atoms with Gasteiger partial charge in [-0.1, -0.05) is 47.7 Å². The number of ether oxygens (including phenoxy) is 2. The van der Waals surface area contributed by atoms with E-state index in [1.165, 1.54) is 17.3 Å². The van der Waals surface area contributed by atoms with Crippen molar-refractivity contribution in [3.63, 3.8) is 0 Å². The van der Waals surface area contributed by atoms with Crippen molar-refractivity contribution in [3.8, 4) is 11.5 Å². The maximum atomic E-state index is 13.0. The van der Waals surface area contributed by atoms with Crippen LogP contribution >= 0.6 is 11.8 Å². The molecular formula is C24H25N3O4S. The summed E-state index contributed by atoms with van der Waals surface area (Å²) in [4.78, 5) is 32.9. The lowest BCUT2D eigenvalue weighted by molar-refractivity contribution is -0.116. The van der Waals surface area contributed by atoms with E-state index in [2.05, 4.69) is 21.4 Å². The third kappa shape index (κ3) is 4.65. The monoisotopic (exact) mass is 451 g/mol. The average Bonchev–Trinajstić information content (AvgIpc) is 2.77. The number of amides is 1. The van der Waals surface area contributed by atoms with Crippen molar-refractivity contribution in [2.24, 2.45) is 0 Å². The van der Waals surface area contributed by atoms with Crippen LogP contribution < -0.4 is 20.3 Å². The van der Waals surface area contributed by atoms with Gasteiger partial charge in [-0.3, -0.25) is 9.59 Å². The number of anilines is 1. The van der Waals surface area contributed by atoms with Crippen LogP contribution in [0.15, 0.2) is 52.4 Å². The van der Waals surface area contributed by atoms with E-state index in [0.717, 1.165) is 11.1 Å². The summed E-state index contributed by atoms with van der Waals surface area (Å²) in [6, 6.07) is 13.7. The number of aromatic amines is 1. The van der Waals surface area contributed by atoms with E-state index >= 15 is 0 Å². The molecule has 0 radical (unpaired) electrons. The second-order valence-corrected chi connectivity index (χ2v) is 8.52. The molecule has 0 spiro atoms. The highest BCUT2D eigenvalue weighted by atomic mass is 32.2. The number of benzene rings is 2. The smallest absolute Gasteiger partial charge is 0.257 e. The zero-order valence-corrected chi connectivity index (χ0v) is 19.0. The molecule has 0 unspecified atom stereocenters. The van der Waals surface area contributed by atoms with Gasteiger partial charge in [0.15, 0.2) is 16.7 Å². The van der Waals surface area contributed by atoms with Crippen molar-refractivity contribution < 1.29 is 14.3 Å². The fraction of sp³-hybridized carbons (Fsp3) is 0.292. The molecule has 2 N–H and O–H groups in total. The van der Waals surface area contributed by atoms with E-state index in [0.29, 0.717) is 40.4 Å². The molecule has 2 heterocycles. The highest BCUT2D eigenvalue weighted by molar-refractivity contribution is 7.98. The quantitative estimate of drug-likeness (QED) is 0.412. The number of rotatable bonds is 7. The summed E-state index contributed by atoms with van der Waals surface area (Å²) in [5.74, 6) is 1.56. The molecule has 1 aliphatic heterocycles. The number of H-pyrrole nitrogens is 1. The Morgan fingerprint density at radius 1 is 1.16 bits per heavy atom.